The van der Waals surface area contributed by atoms with Gasteiger partial charge in [-0.1, -0.05) is 0 Å². The molecule has 0 radical (unpaired) electrons. The fourth-order valence-corrected chi connectivity index (χ4v) is 1.02. The van der Waals surface area contributed by atoms with E-state index in [4.69, 9.17) is 22.8 Å². The highest BCUT2D eigenvalue weighted by molar-refractivity contribution is 7.80. The van der Waals surface area contributed by atoms with E-state index in [1.54, 1.807) is 7.11 Å². The molecule has 0 aliphatic rings. The second-order valence-electron chi connectivity index (χ2n) is 2.92. The summed E-state index contributed by atoms with van der Waals surface area (Å²) in [5.74, 6) is 5.08. The molecule has 66 valence electrons. The average Bonchev–Trinajstić information content (AvgIpc) is 1.86. The molecule has 0 fully saturated rings. The smallest absolute Gasteiger partial charge is 0.181 e. The zero-order valence-electron chi connectivity index (χ0n) is 7.10. The lowest BCUT2D eigenvalue weighted by Gasteiger charge is -2.26. The van der Waals surface area contributed by atoms with Crippen LogP contribution in [0.5, 0.6) is 0 Å². The van der Waals surface area contributed by atoms with Gasteiger partial charge in [0.05, 0.1) is 12.1 Å². The maximum atomic E-state index is 5.08. The molecule has 0 saturated carbocycles. The summed E-state index contributed by atoms with van der Waals surface area (Å²) >= 11 is 4.81. The minimum Gasteiger partial charge on any atom is -0.382 e. The minimum absolute atomic E-state index is 0.182. The second kappa shape index (κ2) is 4.48. The lowest BCUT2D eigenvalue weighted by Crippen LogP contribution is -2.52. The summed E-state index contributed by atoms with van der Waals surface area (Å²) in [6.45, 7) is 4.52. The van der Waals surface area contributed by atoms with Gasteiger partial charge in [0.1, 0.15) is 0 Å². The van der Waals surface area contributed by atoms with Gasteiger partial charge in [-0.05, 0) is 26.1 Å². The van der Waals surface area contributed by atoms with E-state index in [0.29, 0.717) is 11.7 Å². The van der Waals surface area contributed by atoms with Crippen molar-refractivity contribution in [1.82, 2.24) is 10.7 Å². The average molecular weight is 177 g/mol. The fraction of sp³-hybridized carbons (Fsp3) is 0.833. The number of rotatable bonds is 3. The number of hydrogen-bond donors (Lipinski definition) is 3. The van der Waals surface area contributed by atoms with Crippen LogP contribution in [0.2, 0.25) is 0 Å². The summed E-state index contributed by atoms with van der Waals surface area (Å²) in [6, 6.07) is 0. The predicted octanol–water partition coefficient (Wildman–Crippen LogP) is -0.251. The Morgan fingerprint density at radius 3 is 2.55 bits per heavy atom. The van der Waals surface area contributed by atoms with Crippen LogP contribution >= 0.6 is 12.2 Å². The van der Waals surface area contributed by atoms with Crippen molar-refractivity contribution in [3.63, 3.8) is 0 Å². The Labute approximate surface area is 72.4 Å². The normalized spacial score (nSPS) is 10.9. The van der Waals surface area contributed by atoms with Crippen LogP contribution in [0.15, 0.2) is 0 Å². The molecule has 0 unspecified atom stereocenters. The lowest BCUT2D eigenvalue weighted by molar-refractivity contribution is 0.139. The van der Waals surface area contributed by atoms with Crippen molar-refractivity contribution in [2.24, 2.45) is 5.84 Å². The Morgan fingerprint density at radius 2 is 2.18 bits per heavy atom. The zero-order valence-corrected chi connectivity index (χ0v) is 7.92. The van der Waals surface area contributed by atoms with Crippen LogP contribution in [-0.2, 0) is 4.74 Å². The quantitative estimate of drug-likeness (QED) is 0.315. The molecule has 0 atom stereocenters. The molecule has 0 heterocycles. The standard InChI is InChI=1S/C6H15N3OS/c1-6(2,4-10-3)8-5(11)9-7/h4,7H2,1-3H3,(H2,8,9,11). The van der Waals surface area contributed by atoms with Crippen LogP contribution in [0.25, 0.3) is 0 Å². The number of thiocarbonyl (C=S) groups is 1. The number of ether oxygens (including phenoxy) is 1. The highest BCUT2D eigenvalue weighted by Gasteiger charge is 2.17. The Balaban J connectivity index is 3.80. The largest absolute Gasteiger partial charge is 0.382 e. The van der Waals surface area contributed by atoms with Gasteiger partial charge in [-0.25, -0.2) is 5.84 Å². The first-order valence-electron chi connectivity index (χ1n) is 3.29. The van der Waals surface area contributed by atoms with Gasteiger partial charge < -0.3 is 15.5 Å². The molecular formula is C6H15N3OS. The maximum Gasteiger partial charge on any atom is 0.181 e. The van der Waals surface area contributed by atoms with Crippen LogP contribution in [0.1, 0.15) is 13.8 Å². The molecule has 0 aromatic rings. The summed E-state index contributed by atoms with van der Waals surface area (Å²) in [7, 11) is 1.64. The van der Waals surface area contributed by atoms with Gasteiger partial charge in [0.15, 0.2) is 5.11 Å². The van der Waals surface area contributed by atoms with Gasteiger partial charge in [0.25, 0.3) is 0 Å². The monoisotopic (exact) mass is 177 g/mol. The summed E-state index contributed by atoms with van der Waals surface area (Å²) in [5, 5.41) is 3.40. The molecular weight excluding hydrogens is 162 g/mol. The predicted molar refractivity (Wildman–Crippen MR) is 49.0 cm³/mol. The van der Waals surface area contributed by atoms with Crippen molar-refractivity contribution >= 4 is 17.3 Å². The van der Waals surface area contributed by atoms with Gasteiger partial charge >= 0.3 is 0 Å². The molecule has 0 aliphatic heterocycles. The summed E-state index contributed by atoms with van der Waals surface area (Å²) in [6.07, 6.45) is 0. The van der Waals surface area contributed by atoms with E-state index in [1.807, 2.05) is 13.8 Å². The van der Waals surface area contributed by atoms with E-state index in [2.05, 4.69) is 10.7 Å². The first kappa shape index (κ1) is 10.6. The zero-order chi connectivity index (χ0) is 8.91. The van der Waals surface area contributed by atoms with Crippen LogP contribution in [0, 0.1) is 0 Å². The van der Waals surface area contributed by atoms with Crippen LogP contribution in [-0.4, -0.2) is 24.4 Å². The maximum absolute atomic E-state index is 5.08. The van der Waals surface area contributed by atoms with Crippen LogP contribution < -0.4 is 16.6 Å². The van der Waals surface area contributed by atoms with Crippen molar-refractivity contribution < 1.29 is 4.74 Å². The van der Waals surface area contributed by atoms with Crippen molar-refractivity contribution in [1.29, 1.82) is 0 Å². The lowest BCUT2D eigenvalue weighted by atomic mass is 10.1. The number of methoxy groups -OCH3 is 1. The fourth-order valence-electron chi connectivity index (χ4n) is 0.740. The van der Waals surface area contributed by atoms with Gasteiger partial charge in [0.2, 0.25) is 0 Å². The summed E-state index contributed by atoms with van der Waals surface area (Å²) < 4.78 is 4.96. The highest BCUT2D eigenvalue weighted by Crippen LogP contribution is 2.00. The Bertz CT molecular complexity index is 138. The highest BCUT2D eigenvalue weighted by atomic mass is 32.1. The van der Waals surface area contributed by atoms with Gasteiger partial charge in [-0.3, -0.25) is 0 Å². The molecule has 11 heavy (non-hydrogen) atoms. The number of nitrogens with one attached hydrogen (secondary N) is 2. The molecule has 4 N–H and O–H groups in total. The second-order valence-corrected chi connectivity index (χ2v) is 3.32. The molecule has 0 spiro atoms. The number of hydrazine groups is 1. The topological polar surface area (TPSA) is 59.3 Å². The molecule has 0 aromatic heterocycles. The third-order valence-electron chi connectivity index (χ3n) is 1.09. The third-order valence-corrected chi connectivity index (χ3v) is 1.31. The van der Waals surface area contributed by atoms with Crippen LogP contribution in [0.3, 0.4) is 0 Å². The van der Waals surface area contributed by atoms with E-state index in [1.165, 1.54) is 0 Å². The van der Waals surface area contributed by atoms with Crippen molar-refractivity contribution in [2.45, 2.75) is 19.4 Å². The number of nitrogens with two attached hydrogens (primary N) is 1. The first-order valence-corrected chi connectivity index (χ1v) is 3.70. The molecule has 0 aromatic carbocycles. The van der Waals surface area contributed by atoms with E-state index < -0.39 is 0 Å². The van der Waals surface area contributed by atoms with Gasteiger partial charge in [0, 0.05) is 7.11 Å². The van der Waals surface area contributed by atoms with E-state index in [0.717, 1.165) is 0 Å². The van der Waals surface area contributed by atoms with Crippen molar-refractivity contribution in [3.8, 4) is 0 Å². The van der Waals surface area contributed by atoms with Crippen LogP contribution in [0.4, 0.5) is 0 Å². The molecule has 4 nitrogen and oxygen atoms in total. The SMILES string of the molecule is COCC(C)(C)NC(=S)NN. The Hall–Kier alpha value is -0.390. The molecule has 0 saturated heterocycles. The van der Waals surface area contributed by atoms with E-state index >= 15 is 0 Å². The van der Waals surface area contributed by atoms with Crippen molar-refractivity contribution in [2.75, 3.05) is 13.7 Å². The number of hydrogen-bond acceptors (Lipinski definition) is 3. The Kier molecular flexibility index (Phi) is 4.32. The third kappa shape index (κ3) is 4.94. The molecule has 5 heteroatoms. The van der Waals surface area contributed by atoms with Gasteiger partial charge in [-0.15, -0.1) is 0 Å². The van der Waals surface area contributed by atoms with Crippen molar-refractivity contribution in [3.05, 3.63) is 0 Å². The molecule has 0 aliphatic carbocycles. The Morgan fingerprint density at radius 1 is 1.64 bits per heavy atom. The molecule has 0 bridgehead atoms. The van der Waals surface area contributed by atoms with E-state index in [-0.39, 0.29) is 5.54 Å². The molecule has 0 rings (SSSR count). The first-order chi connectivity index (χ1) is 5.02. The van der Waals surface area contributed by atoms with E-state index in [9.17, 15) is 0 Å². The summed E-state index contributed by atoms with van der Waals surface area (Å²) in [4.78, 5) is 0. The minimum atomic E-state index is -0.182. The van der Waals surface area contributed by atoms with Gasteiger partial charge in [-0.2, -0.15) is 0 Å². The summed E-state index contributed by atoms with van der Waals surface area (Å²) in [5.41, 5.74) is 2.16. The molecule has 0 amide bonds.